The van der Waals surface area contributed by atoms with Crippen molar-refractivity contribution in [3.05, 3.63) is 72.9 Å². The van der Waals surface area contributed by atoms with E-state index in [9.17, 15) is 30.3 Å². The SMILES string of the molecule is CC/C=C\C/C=C\C/C=C\C/C=C\C/C=C\C/C=C\CCCCCCCCCCC(=O)NC(COC1OC(CO)C(O)C(O)C1O)C(O)CCCCCCCCCCCCCCCC. The number of hydrogen-bond acceptors (Lipinski definition) is 8. The van der Waals surface area contributed by atoms with Gasteiger partial charge in [-0.1, -0.05) is 215 Å². The number of hydrogen-bond donors (Lipinski definition) is 6. The van der Waals surface area contributed by atoms with Crippen LogP contribution in [0, 0.1) is 0 Å². The van der Waals surface area contributed by atoms with Gasteiger partial charge in [0, 0.05) is 6.42 Å². The van der Waals surface area contributed by atoms with Crippen molar-refractivity contribution in [1.82, 2.24) is 5.32 Å². The fourth-order valence-corrected chi connectivity index (χ4v) is 7.93. The van der Waals surface area contributed by atoms with Crippen LogP contribution in [0.3, 0.4) is 0 Å². The number of amides is 1. The van der Waals surface area contributed by atoms with E-state index in [1.807, 2.05) is 0 Å². The van der Waals surface area contributed by atoms with Gasteiger partial charge in [0.2, 0.25) is 5.91 Å². The maximum Gasteiger partial charge on any atom is 0.220 e. The summed E-state index contributed by atoms with van der Waals surface area (Å²) in [6.07, 6.45) is 53.4. The lowest BCUT2D eigenvalue weighted by atomic mass is 9.99. The Labute approximate surface area is 391 Å². The molecule has 1 amide bonds. The van der Waals surface area contributed by atoms with Crippen molar-refractivity contribution in [3.63, 3.8) is 0 Å². The predicted molar refractivity (Wildman–Crippen MR) is 267 cm³/mol. The molecule has 1 rings (SSSR count). The summed E-state index contributed by atoms with van der Waals surface area (Å²) >= 11 is 0. The largest absolute Gasteiger partial charge is 0.394 e. The summed E-state index contributed by atoms with van der Waals surface area (Å²) < 4.78 is 11.3. The Morgan fingerprint density at radius 3 is 1.44 bits per heavy atom. The van der Waals surface area contributed by atoms with Crippen LogP contribution in [0.15, 0.2) is 72.9 Å². The van der Waals surface area contributed by atoms with E-state index in [1.165, 1.54) is 96.3 Å². The standard InChI is InChI=1S/C55H97NO8/c1-3-5-7-9-11-13-15-17-19-20-21-22-23-24-25-26-27-28-29-30-31-33-35-37-39-41-43-45-51(59)56-48(47-63-55-54(62)53(61)52(60)50(46-57)64-55)49(58)44-42-40-38-36-34-32-18-16-14-12-10-8-6-4-2/h5,7,11,13,17,19,21-22,24-25,27-28,48-50,52-55,57-58,60-62H,3-4,6,8-10,12,14-16,18,20,23,26,29-47H2,1-2H3,(H,56,59)/b7-5-,13-11-,19-17-,22-21-,25-24-,28-27-. The van der Waals surface area contributed by atoms with Gasteiger partial charge < -0.3 is 40.3 Å². The second-order valence-corrected chi connectivity index (χ2v) is 17.9. The first kappa shape index (κ1) is 59.6. The number of allylic oxidation sites excluding steroid dienone is 12. The average Bonchev–Trinajstić information content (AvgIpc) is 3.29. The molecule has 1 aliphatic heterocycles. The number of aliphatic hydroxyl groups excluding tert-OH is 5. The fraction of sp³-hybridized carbons (Fsp3) is 0.764. The van der Waals surface area contributed by atoms with Gasteiger partial charge in [0.25, 0.3) is 0 Å². The van der Waals surface area contributed by atoms with Gasteiger partial charge in [0.05, 0.1) is 25.4 Å². The highest BCUT2D eigenvalue weighted by atomic mass is 16.7. The van der Waals surface area contributed by atoms with Gasteiger partial charge in [-0.2, -0.15) is 0 Å². The van der Waals surface area contributed by atoms with Crippen molar-refractivity contribution in [3.8, 4) is 0 Å². The van der Waals surface area contributed by atoms with Gasteiger partial charge in [0.1, 0.15) is 24.4 Å². The van der Waals surface area contributed by atoms with Crippen molar-refractivity contribution in [2.45, 2.75) is 256 Å². The van der Waals surface area contributed by atoms with Crippen molar-refractivity contribution in [2.75, 3.05) is 13.2 Å². The van der Waals surface area contributed by atoms with E-state index < -0.39 is 49.5 Å². The molecule has 6 N–H and O–H groups in total. The molecule has 9 heteroatoms. The number of unbranched alkanes of at least 4 members (excludes halogenated alkanes) is 21. The summed E-state index contributed by atoms with van der Waals surface area (Å²) in [6, 6.07) is -0.727. The van der Waals surface area contributed by atoms with E-state index in [-0.39, 0.29) is 12.5 Å². The van der Waals surface area contributed by atoms with E-state index in [0.717, 1.165) is 89.9 Å². The number of aliphatic hydroxyl groups is 5. The minimum absolute atomic E-state index is 0.145. The first-order valence-electron chi connectivity index (χ1n) is 26.1. The Bertz CT molecular complexity index is 1230. The van der Waals surface area contributed by atoms with Crippen molar-refractivity contribution < 1.29 is 39.8 Å². The first-order valence-corrected chi connectivity index (χ1v) is 26.1. The molecule has 370 valence electrons. The lowest BCUT2D eigenvalue weighted by Crippen LogP contribution is -2.60. The average molecular weight is 900 g/mol. The highest BCUT2D eigenvalue weighted by Gasteiger charge is 2.44. The minimum Gasteiger partial charge on any atom is -0.394 e. The maximum atomic E-state index is 13.0. The molecule has 0 spiro atoms. The monoisotopic (exact) mass is 900 g/mol. The fourth-order valence-electron chi connectivity index (χ4n) is 7.93. The molecule has 0 aliphatic carbocycles. The Hall–Kier alpha value is -2.37. The van der Waals surface area contributed by atoms with Crippen LogP contribution in [-0.2, 0) is 14.3 Å². The normalized spacial score (nSPS) is 20.6. The van der Waals surface area contributed by atoms with Crippen LogP contribution >= 0.6 is 0 Å². The summed E-state index contributed by atoms with van der Waals surface area (Å²) in [5.41, 5.74) is 0. The van der Waals surface area contributed by atoms with E-state index in [4.69, 9.17) is 9.47 Å². The molecule has 1 saturated heterocycles. The van der Waals surface area contributed by atoms with Crippen molar-refractivity contribution in [2.24, 2.45) is 0 Å². The lowest BCUT2D eigenvalue weighted by Gasteiger charge is -2.40. The molecule has 0 aromatic rings. The second kappa shape index (κ2) is 44.5. The molecule has 0 aromatic carbocycles. The van der Waals surface area contributed by atoms with Gasteiger partial charge in [-0.25, -0.2) is 0 Å². The zero-order valence-electron chi connectivity index (χ0n) is 40.8. The van der Waals surface area contributed by atoms with Crippen LogP contribution in [0.1, 0.15) is 213 Å². The molecule has 0 aromatic heterocycles. The minimum atomic E-state index is -1.56. The molecule has 9 nitrogen and oxygen atoms in total. The number of ether oxygens (including phenoxy) is 2. The third-order valence-corrected chi connectivity index (χ3v) is 12.1. The van der Waals surface area contributed by atoms with Crippen LogP contribution in [0.5, 0.6) is 0 Å². The topological polar surface area (TPSA) is 149 Å². The van der Waals surface area contributed by atoms with Gasteiger partial charge in [0.15, 0.2) is 6.29 Å². The lowest BCUT2D eigenvalue weighted by molar-refractivity contribution is -0.302. The second-order valence-electron chi connectivity index (χ2n) is 17.9. The zero-order chi connectivity index (χ0) is 46.6. The molecule has 1 fully saturated rings. The van der Waals surface area contributed by atoms with Crippen molar-refractivity contribution >= 4 is 5.91 Å². The predicted octanol–water partition coefficient (Wildman–Crippen LogP) is 12.1. The summed E-state index contributed by atoms with van der Waals surface area (Å²) in [5, 5.41) is 54.5. The molecule has 1 aliphatic rings. The van der Waals surface area contributed by atoms with Crippen molar-refractivity contribution in [1.29, 1.82) is 0 Å². The van der Waals surface area contributed by atoms with Gasteiger partial charge in [-0.15, -0.1) is 0 Å². The summed E-state index contributed by atoms with van der Waals surface area (Å²) in [6.45, 7) is 3.71. The summed E-state index contributed by atoms with van der Waals surface area (Å²) in [4.78, 5) is 13.0. The molecule has 1 heterocycles. The Morgan fingerprint density at radius 2 is 0.969 bits per heavy atom. The van der Waals surface area contributed by atoms with E-state index in [0.29, 0.717) is 12.8 Å². The number of nitrogens with one attached hydrogen (secondary N) is 1. The zero-order valence-corrected chi connectivity index (χ0v) is 40.8. The van der Waals surface area contributed by atoms with Crippen LogP contribution in [0.25, 0.3) is 0 Å². The molecule has 7 unspecified atom stereocenters. The number of carbonyl (C=O) groups is 1. The maximum absolute atomic E-state index is 13.0. The summed E-state index contributed by atoms with van der Waals surface area (Å²) in [5.74, 6) is -0.156. The Balaban J connectivity index is 2.24. The number of rotatable bonds is 43. The van der Waals surface area contributed by atoms with Gasteiger partial charge in [-0.05, 0) is 64.2 Å². The molecule has 0 radical (unpaired) electrons. The van der Waals surface area contributed by atoms with Crippen LogP contribution < -0.4 is 5.32 Å². The highest BCUT2D eigenvalue weighted by Crippen LogP contribution is 2.23. The highest BCUT2D eigenvalue weighted by molar-refractivity contribution is 5.76. The van der Waals surface area contributed by atoms with Gasteiger partial charge in [-0.3, -0.25) is 4.79 Å². The quantitative estimate of drug-likeness (QED) is 0.0262. The van der Waals surface area contributed by atoms with E-state index in [2.05, 4.69) is 92.1 Å². The molecule has 0 bridgehead atoms. The third kappa shape index (κ3) is 34.0. The Kier molecular flexibility index (Phi) is 41.4. The van der Waals surface area contributed by atoms with Crippen LogP contribution in [-0.4, -0.2) is 87.5 Å². The first-order chi connectivity index (χ1) is 31.3. The number of carbonyl (C=O) groups excluding carboxylic acids is 1. The molecule has 0 saturated carbocycles. The summed E-state index contributed by atoms with van der Waals surface area (Å²) in [7, 11) is 0. The molecule has 64 heavy (non-hydrogen) atoms. The molecular weight excluding hydrogens is 803 g/mol. The third-order valence-electron chi connectivity index (χ3n) is 12.1. The van der Waals surface area contributed by atoms with Crippen LogP contribution in [0.2, 0.25) is 0 Å². The Morgan fingerprint density at radius 1 is 0.547 bits per heavy atom. The smallest absolute Gasteiger partial charge is 0.220 e. The molecular formula is C55H97NO8. The van der Waals surface area contributed by atoms with E-state index >= 15 is 0 Å². The van der Waals surface area contributed by atoms with Gasteiger partial charge >= 0.3 is 0 Å². The molecule has 7 atom stereocenters. The van der Waals surface area contributed by atoms with E-state index in [1.54, 1.807) is 0 Å². The van der Waals surface area contributed by atoms with Crippen LogP contribution in [0.4, 0.5) is 0 Å².